The van der Waals surface area contributed by atoms with Crippen LogP contribution in [0.3, 0.4) is 0 Å². The Morgan fingerprint density at radius 3 is 0.956 bits per heavy atom. The second-order valence-corrected chi connectivity index (χ2v) is 18.6. The molecule has 0 bridgehead atoms. The minimum absolute atomic E-state index is 0.0790. The molecule has 0 fully saturated rings. The van der Waals surface area contributed by atoms with E-state index < -0.39 is 6.10 Å². The third kappa shape index (κ3) is 55.2. The molecule has 0 aliphatic rings. The molecule has 0 radical (unpaired) electrons. The van der Waals surface area contributed by atoms with Gasteiger partial charge in [-0.2, -0.15) is 0 Å². The van der Waals surface area contributed by atoms with Gasteiger partial charge in [-0.3, -0.25) is 9.59 Å². The number of hydrogen-bond donors (Lipinski definition) is 1. The van der Waals surface area contributed by atoms with E-state index in [1.54, 1.807) is 0 Å². The lowest BCUT2D eigenvalue weighted by atomic mass is 10.0. The summed E-state index contributed by atoms with van der Waals surface area (Å²) >= 11 is 0. The zero-order chi connectivity index (χ0) is 49.2. The lowest BCUT2D eigenvalue weighted by Crippen LogP contribution is -2.28. The van der Waals surface area contributed by atoms with Crippen molar-refractivity contribution in [3.63, 3.8) is 0 Å². The van der Waals surface area contributed by atoms with Crippen molar-refractivity contribution in [2.45, 2.75) is 264 Å². The summed E-state index contributed by atoms with van der Waals surface area (Å²) in [6, 6.07) is 0. The minimum atomic E-state index is -0.791. The molecule has 5 heteroatoms. The summed E-state index contributed by atoms with van der Waals surface area (Å²) in [5, 5.41) is 9.65. The molecule has 0 amide bonds. The third-order valence-electron chi connectivity index (χ3n) is 12.1. The minimum Gasteiger partial charge on any atom is -0.462 e. The van der Waals surface area contributed by atoms with Gasteiger partial charge in [0.1, 0.15) is 6.61 Å². The largest absolute Gasteiger partial charge is 0.462 e. The molecule has 388 valence electrons. The second-order valence-electron chi connectivity index (χ2n) is 18.6. The van der Waals surface area contributed by atoms with Gasteiger partial charge in [0.25, 0.3) is 0 Å². The molecule has 1 N–H and O–H groups in total. The van der Waals surface area contributed by atoms with Gasteiger partial charge >= 0.3 is 11.9 Å². The zero-order valence-electron chi connectivity index (χ0n) is 44.3. The smallest absolute Gasteiger partial charge is 0.306 e. The number of carbonyl (C=O) groups excluding carboxylic acids is 2. The second kappa shape index (κ2) is 57.9. The van der Waals surface area contributed by atoms with Crippen LogP contribution in [0.1, 0.15) is 258 Å². The summed E-state index contributed by atoms with van der Waals surface area (Å²) in [5.41, 5.74) is 0. The maximum atomic E-state index is 12.3. The molecule has 0 aromatic rings. The van der Waals surface area contributed by atoms with Crippen molar-refractivity contribution in [2.75, 3.05) is 13.2 Å². The van der Waals surface area contributed by atoms with E-state index in [0.717, 1.165) is 109 Å². The average Bonchev–Trinajstić information content (AvgIpc) is 3.34. The summed E-state index contributed by atoms with van der Waals surface area (Å²) in [5.74, 6) is -0.613. The zero-order valence-corrected chi connectivity index (χ0v) is 44.3. The topological polar surface area (TPSA) is 72.8 Å². The molecule has 0 heterocycles. The molecule has 1 unspecified atom stereocenters. The SMILES string of the molecule is CC/C=C\C/C=C\C/C=C\C/C=C\C/C=C\C/C=C\C/C=C\CCCCCCCC(=O)OC(CO)COC(=O)CCCCCCCCCCCCCCCCC/C=C\C/C=C\CCCCCCC. The Kier molecular flexibility index (Phi) is 54.9. The number of hydrogen-bond acceptors (Lipinski definition) is 5. The molecule has 0 rings (SSSR count). The lowest BCUT2D eigenvalue weighted by Gasteiger charge is -2.15. The summed E-state index contributed by atoms with van der Waals surface area (Å²) in [4.78, 5) is 24.5. The van der Waals surface area contributed by atoms with Gasteiger partial charge in [0, 0.05) is 12.8 Å². The van der Waals surface area contributed by atoms with Crippen LogP contribution < -0.4 is 0 Å². The van der Waals surface area contributed by atoms with Gasteiger partial charge in [-0.15, -0.1) is 0 Å². The Morgan fingerprint density at radius 2 is 0.632 bits per heavy atom. The number of carbonyl (C=O) groups is 2. The summed E-state index contributed by atoms with van der Waals surface area (Å²) < 4.78 is 10.7. The highest BCUT2D eigenvalue weighted by molar-refractivity contribution is 5.70. The Balaban J connectivity index is 3.56. The first-order valence-electron chi connectivity index (χ1n) is 28.4. The van der Waals surface area contributed by atoms with Gasteiger partial charge in [-0.1, -0.05) is 252 Å². The summed E-state index contributed by atoms with van der Waals surface area (Å²) in [6.45, 7) is 4.01. The molecule has 0 aliphatic carbocycles. The first-order chi connectivity index (χ1) is 33.6. The fraction of sp³-hybridized carbons (Fsp3) is 0.683. The third-order valence-corrected chi connectivity index (χ3v) is 12.1. The number of esters is 2. The number of aliphatic hydroxyl groups excluding tert-OH is 1. The molecule has 5 nitrogen and oxygen atoms in total. The highest BCUT2D eigenvalue weighted by Crippen LogP contribution is 2.15. The van der Waals surface area contributed by atoms with Gasteiger partial charge in [-0.25, -0.2) is 0 Å². The monoisotopic (exact) mass is 943 g/mol. The Bertz CT molecular complexity index is 1340. The van der Waals surface area contributed by atoms with Gasteiger partial charge in [-0.05, 0) is 103 Å². The normalized spacial score (nSPS) is 13.0. The molecular formula is C63H106O5. The summed E-state index contributed by atoms with van der Waals surface area (Å²) in [6.07, 6.45) is 83.4. The van der Waals surface area contributed by atoms with Gasteiger partial charge in [0.2, 0.25) is 0 Å². The quantitative estimate of drug-likeness (QED) is 0.0374. The van der Waals surface area contributed by atoms with E-state index >= 15 is 0 Å². The summed E-state index contributed by atoms with van der Waals surface area (Å²) in [7, 11) is 0. The van der Waals surface area contributed by atoms with Crippen LogP contribution in [-0.2, 0) is 19.1 Å². The van der Waals surface area contributed by atoms with Crippen LogP contribution in [0.25, 0.3) is 0 Å². The number of ether oxygens (including phenoxy) is 2. The van der Waals surface area contributed by atoms with Crippen molar-refractivity contribution in [2.24, 2.45) is 0 Å². The molecule has 0 aromatic heterocycles. The Hall–Kier alpha value is -3.44. The molecule has 0 saturated carbocycles. The Morgan fingerprint density at radius 1 is 0.353 bits per heavy atom. The highest BCUT2D eigenvalue weighted by Gasteiger charge is 2.16. The molecular weight excluding hydrogens is 837 g/mol. The number of aliphatic hydroxyl groups is 1. The van der Waals surface area contributed by atoms with Crippen LogP contribution >= 0.6 is 0 Å². The van der Waals surface area contributed by atoms with E-state index in [4.69, 9.17) is 9.47 Å². The first kappa shape index (κ1) is 64.6. The van der Waals surface area contributed by atoms with Gasteiger partial charge in [0.15, 0.2) is 6.10 Å². The van der Waals surface area contributed by atoms with E-state index in [1.165, 1.54) is 122 Å². The number of rotatable bonds is 51. The van der Waals surface area contributed by atoms with Crippen molar-refractivity contribution >= 4 is 11.9 Å². The van der Waals surface area contributed by atoms with Crippen molar-refractivity contribution < 1.29 is 24.2 Å². The Labute approximate surface area is 421 Å². The standard InChI is InChI=1S/C63H106O5/c1-3-5-7-9-11-13-15-17-19-21-23-25-27-29-31-33-35-37-39-41-43-45-47-49-51-53-55-57-62(65)67-60-61(59-64)68-63(66)58-56-54-52-50-48-46-44-42-40-38-36-34-32-30-28-26-24-22-20-18-16-14-12-10-8-6-4-2/h6,8,12,14-15,17-18,20-21,23-24,26,30,32,36,38,42,44,61,64H,3-5,7,9-11,13,16,19,22,25,27-29,31,33-35,37,39-41,43,45-60H2,1-2H3/b8-6-,14-12-,17-15-,20-18-,23-21-,26-24-,32-30-,38-36-,44-42-. The highest BCUT2D eigenvalue weighted by atomic mass is 16.6. The van der Waals surface area contributed by atoms with E-state index in [0.29, 0.717) is 12.8 Å². The van der Waals surface area contributed by atoms with Crippen LogP contribution in [-0.4, -0.2) is 36.4 Å². The predicted molar refractivity (Wildman–Crippen MR) is 297 cm³/mol. The van der Waals surface area contributed by atoms with Crippen molar-refractivity contribution in [1.29, 1.82) is 0 Å². The van der Waals surface area contributed by atoms with Crippen LogP contribution in [0, 0.1) is 0 Å². The van der Waals surface area contributed by atoms with Crippen molar-refractivity contribution in [3.05, 3.63) is 109 Å². The first-order valence-corrected chi connectivity index (χ1v) is 28.4. The van der Waals surface area contributed by atoms with E-state index in [-0.39, 0.29) is 25.2 Å². The fourth-order valence-electron chi connectivity index (χ4n) is 7.80. The van der Waals surface area contributed by atoms with Crippen molar-refractivity contribution in [1.82, 2.24) is 0 Å². The van der Waals surface area contributed by atoms with Crippen LogP contribution in [0.5, 0.6) is 0 Å². The fourth-order valence-corrected chi connectivity index (χ4v) is 7.80. The van der Waals surface area contributed by atoms with Crippen LogP contribution in [0.15, 0.2) is 109 Å². The molecule has 68 heavy (non-hydrogen) atoms. The maximum Gasteiger partial charge on any atom is 0.306 e. The van der Waals surface area contributed by atoms with E-state index in [9.17, 15) is 14.7 Å². The predicted octanol–water partition coefficient (Wildman–Crippen LogP) is 19.3. The van der Waals surface area contributed by atoms with E-state index in [1.807, 2.05) is 0 Å². The molecule has 0 aromatic carbocycles. The lowest BCUT2D eigenvalue weighted by molar-refractivity contribution is -0.161. The molecule has 1 atom stereocenters. The molecule has 0 aliphatic heterocycles. The molecule has 0 spiro atoms. The molecule has 0 saturated heterocycles. The number of allylic oxidation sites excluding steroid dienone is 18. The van der Waals surface area contributed by atoms with Crippen molar-refractivity contribution in [3.8, 4) is 0 Å². The average molecular weight is 944 g/mol. The number of unbranched alkanes of at least 4 members (excludes halogenated alkanes) is 25. The van der Waals surface area contributed by atoms with Gasteiger partial charge < -0.3 is 14.6 Å². The van der Waals surface area contributed by atoms with E-state index in [2.05, 4.69) is 123 Å². The maximum absolute atomic E-state index is 12.3. The van der Waals surface area contributed by atoms with Crippen LogP contribution in [0.4, 0.5) is 0 Å². The van der Waals surface area contributed by atoms with Crippen LogP contribution in [0.2, 0.25) is 0 Å². The van der Waals surface area contributed by atoms with Gasteiger partial charge in [0.05, 0.1) is 6.61 Å².